The number of carbonyl (C=O) groups is 2. The molecular weight excluding hydrogens is 332 g/mol. The number of nitrogens with two attached hydrogens (primary N) is 1. The van der Waals surface area contributed by atoms with E-state index in [0.29, 0.717) is 24.5 Å². The van der Waals surface area contributed by atoms with Gasteiger partial charge in [-0.05, 0) is 32.0 Å². The summed E-state index contributed by atoms with van der Waals surface area (Å²) in [6.07, 6.45) is 0.00799. The molecule has 2 atom stereocenters. The second-order valence-electron chi connectivity index (χ2n) is 7.44. The van der Waals surface area contributed by atoms with Crippen molar-refractivity contribution in [1.82, 2.24) is 15.1 Å². The van der Waals surface area contributed by atoms with Gasteiger partial charge in [-0.15, -0.1) is 0 Å². The predicted octanol–water partition coefficient (Wildman–Crippen LogP) is 1.72. The van der Waals surface area contributed by atoms with Crippen LogP contribution in [0.3, 0.4) is 0 Å². The highest BCUT2D eigenvalue weighted by atomic mass is 16.5. The van der Waals surface area contributed by atoms with Crippen LogP contribution in [0, 0.1) is 5.92 Å². The minimum absolute atomic E-state index is 0.0267. The number of carbonyl (C=O) groups excluding carboxylic acids is 2. The van der Waals surface area contributed by atoms with Crippen molar-refractivity contribution in [3.8, 4) is 5.75 Å². The van der Waals surface area contributed by atoms with Gasteiger partial charge in [0, 0.05) is 43.9 Å². The predicted molar refractivity (Wildman–Crippen MR) is 102 cm³/mol. The summed E-state index contributed by atoms with van der Waals surface area (Å²) in [6.45, 7) is 6.86. The Morgan fingerprint density at radius 3 is 2.81 bits per heavy atom. The fraction of sp³-hybridized carbons (Fsp3) is 0.579. The van der Waals surface area contributed by atoms with Gasteiger partial charge < -0.3 is 25.6 Å². The highest BCUT2D eigenvalue weighted by Crippen LogP contribution is 2.27. The lowest BCUT2D eigenvalue weighted by atomic mass is 10.0. The Morgan fingerprint density at radius 2 is 2.15 bits per heavy atom. The van der Waals surface area contributed by atoms with Gasteiger partial charge in [-0.1, -0.05) is 6.92 Å². The number of urea groups is 1. The summed E-state index contributed by atoms with van der Waals surface area (Å²) >= 11 is 0. The van der Waals surface area contributed by atoms with E-state index in [-0.39, 0.29) is 36.4 Å². The molecule has 0 spiro atoms. The van der Waals surface area contributed by atoms with Gasteiger partial charge in [0.2, 0.25) is 5.91 Å². The largest absolute Gasteiger partial charge is 0.488 e. The number of amides is 3. The standard InChI is InChI=1S/C19H30N4O3/c1-12(2)21-19(25)23(5)11-17-13(3)10-22(4)18(24)9-14-8-15(20)6-7-16(14)26-17/h6-8,12-13,17H,9-11,20H2,1-5H3,(H,21,25)/t13-,17+/m0/s1. The molecule has 0 saturated heterocycles. The maximum Gasteiger partial charge on any atom is 0.317 e. The van der Waals surface area contributed by atoms with Crippen LogP contribution >= 0.6 is 0 Å². The SMILES string of the molecule is CC(C)NC(=O)N(C)C[C@H]1Oc2ccc(N)cc2CC(=O)N(C)C[C@@H]1C. The van der Waals surface area contributed by atoms with E-state index in [2.05, 4.69) is 5.32 Å². The highest BCUT2D eigenvalue weighted by Gasteiger charge is 2.28. The number of nitrogens with zero attached hydrogens (tertiary/aromatic N) is 2. The molecule has 0 bridgehead atoms. The summed E-state index contributed by atoms with van der Waals surface area (Å²) in [7, 11) is 3.54. The number of hydrogen-bond acceptors (Lipinski definition) is 4. The van der Waals surface area contributed by atoms with Crippen LogP contribution in [0.15, 0.2) is 18.2 Å². The van der Waals surface area contributed by atoms with E-state index < -0.39 is 0 Å². The minimum atomic E-state index is -0.242. The smallest absolute Gasteiger partial charge is 0.317 e. The van der Waals surface area contributed by atoms with Gasteiger partial charge in [-0.25, -0.2) is 4.79 Å². The molecule has 144 valence electrons. The summed E-state index contributed by atoms with van der Waals surface area (Å²) in [5.74, 6) is 0.734. The highest BCUT2D eigenvalue weighted by molar-refractivity contribution is 5.80. The first-order valence-electron chi connectivity index (χ1n) is 8.98. The number of nitrogens with one attached hydrogen (secondary N) is 1. The first kappa shape index (κ1) is 19.9. The van der Waals surface area contributed by atoms with E-state index in [1.54, 1.807) is 42.1 Å². The van der Waals surface area contributed by atoms with Crippen LogP contribution in [0.25, 0.3) is 0 Å². The number of hydrogen-bond donors (Lipinski definition) is 2. The Labute approximate surface area is 155 Å². The Morgan fingerprint density at radius 1 is 1.46 bits per heavy atom. The number of fused-ring (bicyclic) bond motifs is 1. The molecule has 1 aliphatic heterocycles. The maximum atomic E-state index is 12.5. The van der Waals surface area contributed by atoms with Crippen LogP contribution in [0.5, 0.6) is 5.75 Å². The summed E-state index contributed by atoms with van der Waals surface area (Å²) in [5.41, 5.74) is 7.25. The van der Waals surface area contributed by atoms with Crippen molar-refractivity contribution in [2.45, 2.75) is 39.3 Å². The molecule has 0 radical (unpaired) electrons. The van der Waals surface area contributed by atoms with Crippen LogP contribution in [0.4, 0.5) is 10.5 Å². The monoisotopic (exact) mass is 362 g/mol. The summed E-state index contributed by atoms with van der Waals surface area (Å²) in [6, 6.07) is 5.27. The van der Waals surface area contributed by atoms with Crippen LogP contribution in [0.2, 0.25) is 0 Å². The normalized spacial score (nSPS) is 20.5. The maximum absolute atomic E-state index is 12.5. The van der Waals surface area contributed by atoms with E-state index in [1.807, 2.05) is 20.8 Å². The van der Waals surface area contributed by atoms with Gasteiger partial charge in [-0.2, -0.15) is 0 Å². The van der Waals surface area contributed by atoms with E-state index in [9.17, 15) is 9.59 Å². The van der Waals surface area contributed by atoms with Crippen molar-refractivity contribution in [2.75, 3.05) is 32.9 Å². The first-order valence-corrected chi connectivity index (χ1v) is 8.98. The average molecular weight is 362 g/mol. The zero-order valence-electron chi connectivity index (χ0n) is 16.3. The molecule has 0 unspecified atom stereocenters. The van der Waals surface area contributed by atoms with Crippen molar-refractivity contribution in [3.63, 3.8) is 0 Å². The number of nitrogen functional groups attached to an aromatic ring is 1. The summed E-state index contributed by atoms with van der Waals surface area (Å²) in [4.78, 5) is 28.0. The van der Waals surface area contributed by atoms with Gasteiger partial charge in [0.1, 0.15) is 11.9 Å². The van der Waals surface area contributed by atoms with Crippen LogP contribution in [0.1, 0.15) is 26.3 Å². The Hall–Kier alpha value is -2.44. The van der Waals surface area contributed by atoms with Crippen molar-refractivity contribution < 1.29 is 14.3 Å². The van der Waals surface area contributed by atoms with Gasteiger partial charge in [0.05, 0.1) is 13.0 Å². The Balaban J connectivity index is 2.25. The Kier molecular flexibility index (Phi) is 6.34. The number of likely N-dealkylation sites (N-methyl/N-ethyl adjacent to an activating group) is 2. The molecule has 1 aromatic carbocycles. The molecule has 0 saturated carbocycles. The molecule has 1 heterocycles. The molecule has 7 heteroatoms. The zero-order valence-corrected chi connectivity index (χ0v) is 16.3. The number of rotatable bonds is 3. The topological polar surface area (TPSA) is 87.9 Å². The number of anilines is 1. The molecule has 0 fully saturated rings. The van der Waals surface area contributed by atoms with Crippen LogP contribution < -0.4 is 15.8 Å². The molecule has 1 aliphatic rings. The third-order valence-electron chi connectivity index (χ3n) is 4.54. The van der Waals surface area contributed by atoms with E-state index in [0.717, 1.165) is 5.56 Å². The van der Waals surface area contributed by atoms with Gasteiger partial charge >= 0.3 is 6.03 Å². The fourth-order valence-electron chi connectivity index (χ4n) is 3.01. The Bertz CT molecular complexity index is 662. The summed E-state index contributed by atoms with van der Waals surface area (Å²) in [5, 5.41) is 2.88. The zero-order chi connectivity index (χ0) is 19.4. The molecule has 7 nitrogen and oxygen atoms in total. The molecular formula is C19H30N4O3. The third kappa shape index (κ3) is 5.03. The lowest BCUT2D eigenvalue weighted by Crippen LogP contribution is -2.48. The van der Waals surface area contributed by atoms with Crippen molar-refractivity contribution in [3.05, 3.63) is 23.8 Å². The lowest BCUT2D eigenvalue weighted by molar-refractivity contribution is -0.129. The molecule has 3 N–H and O–H groups in total. The first-order chi connectivity index (χ1) is 12.2. The van der Waals surface area contributed by atoms with Gasteiger partial charge in [0.15, 0.2) is 0 Å². The van der Waals surface area contributed by atoms with E-state index in [1.165, 1.54) is 0 Å². The fourth-order valence-corrected chi connectivity index (χ4v) is 3.01. The number of benzene rings is 1. The summed E-state index contributed by atoms with van der Waals surface area (Å²) < 4.78 is 6.25. The molecule has 3 amide bonds. The molecule has 1 aromatic rings. The lowest BCUT2D eigenvalue weighted by Gasteiger charge is -2.31. The minimum Gasteiger partial charge on any atom is -0.488 e. The van der Waals surface area contributed by atoms with Gasteiger partial charge in [0.25, 0.3) is 0 Å². The van der Waals surface area contributed by atoms with E-state index >= 15 is 0 Å². The van der Waals surface area contributed by atoms with Crippen molar-refractivity contribution in [1.29, 1.82) is 0 Å². The molecule has 2 rings (SSSR count). The van der Waals surface area contributed by atoms with Crippen LogP contribution in [-0.4, -0.2) is 61.1 Å². The number of ether oxygens (including phenoxy) is 1. The van der Waals surface area contributed by atoms with Crippen LogP contribution in [-0.2, 0) is 11.2 Å². The molecule has 26 heavy (non-hydrogen) atoms. The van der Waals surface area contributed by atoms with Crippen molar-refractivity contribution in [2.24, 2.45) is 5.92 Å². The molecule has 0 aromatic heterocycles. The third-order valence-corrected chi connectivity index (χ3v) is 4.54. The second-order valence-corrected chi connectivity index (χ2v) is 7.44. The molecule has 0 aliphatic carbocycles. The van der Waals surface area contributed by atoms with Gasteiger partial charge in [-0.3, -0.25) is 4.79 Å². The average Bonchev–Trinajstić information content (AvgIpc) is 2.58. The van der Waals surface area contributed by atoms with E-state index in [4.69, 9.17) is 10.5 Å². The van der Waals surface area contributed by atoms with Crippen molar-refractivity contribution >= 4 is 17.6 Å². The second kappa shape index (κ2) is 8.29. The quantitative estimate of drug-likeness (QED) is 0.802.